The molecule has 0 saturated carbocycles. The highest BCUT2D eigenvalue weighted by Gasteiger charge is 2.16. The minimum absolute atomic E-state index is 0.204. The van der Waals surface area contributed by atoms with Gasteiger partial charge in [-0.25, -0.2) is 4.98 Å². The van der Waals surface area contributed by atoms with Crippen molar-refractivity contribution in [3.05, 3.63) is 76.1 Å². The van der Waals surface area contributed by atoms with Gasteiger partial charge in [0.2, 0.25) is 5.89 Å². The molecule has 0 radical (unpaired) electrons. The van der Waals surface area contributed by atoms with Crippen molar-refractivity contribution in [1.29, 1.82) is 0 Å². The van der Waals surface area contributed by atoms with Crippen LogP contribution in [0.3, 0.4) is 0 Å². The average molecular weight is 399 g/mol. The Hall–Kier alpha value is -2.48. The molecule has 0 aliphatic carbocycles. The number of likely N-dealkylation sites (N-methyl/N-ethyl adjacent to an activating group) is 1. The third-order valence-electron chi connectivity index (χ3n) is 4.20. The van der Waals surface area contributed by atoms with Crippen molar-refractivity contribution in [2.75, 3.05) is 27.2 Å². The van der Waals surface area contributed by atoms with Gasteiger partial charge in [0, 0.05) is 31.1 Å². The van der Waals surface area contributed by atoms with E-state index in [2.05, 4.69) is 44.8 Å². The van der Waals surface area contributed by atoms with E-state index in [1.165, 1.54) is 16.7 Å². The molecule has 148 valence electrons. The summed E-state index contributed by atoms with van der Waals surface area (Å²) in [6, 6.07) is 14.5. The van der Waals surface area contributed by atoms with Crippen molar-refractivity contribution in [2.45, 2.75) is 19.6 Å². The fourth-order valence-corrected chi connectivity index (χ4v) is 3.54. The Morgan fingerprint density at radius 1 is 1.11 bits per heavy atom. The molecule has 1 amide bonds. The number of hydrogen-bond acceptors (Lipinski definition) is 6. The number of hydrogen-bond donors (Lipinski definition) is 1. The van der Waals surface area contributed by atoms with Crippen LogP contribution in [0.1, 0.15) is 26.8 Å². The Bertz CT molecular complexity index is 846. The molecule has 0 bridgehead atoms. The molecule has 0 spiro atoms. The molecule has 1 aromatic carbocycles. The second-order valence-electron chi connectivity index (χ2n) is 6.90. The standard InChI is InChI=1S/C21H26N4O2S/c1-24(2)11-10-22-21(26)19-16-27-20(23-19)15-25(14-18-9-6-12-28-18)13-17-7-4-3-5-8-17/h3-9,12,16H,10-11,13-15H2,1-2H3,(H,22,26). The van der Waals surface area contributed by atoms with Gasteiger partial charge in [-0.15, -0.1) is 11.3 Å². The van der Waals surface area contributed by atoms with Crippen LogP contribution in [0.2, 0.25) is 0 Å². The fourth-order valence-electron chi connectivity index (χ4n) is 2.79. The summed E-state index contributed by atoms with van der Waals surface area (Å²) in [5, 5.41) is 4.94. The normalized spacial score (nSPS) is 11.3. The molecule has 0 unspecified atom stereocenters. The van der Waals surface area contributed by atoms with Gasteiger partial charge in [0.25, 0.3) is 5.91 Å². The number of rotatable bonds is 10. The van der Waals surface area contributed by atoms with Crippen LogP contribution >= 0.6 is 11.3 Å². The Labute approximate surface area is 169 Å². The number of thiophene rings is 1. The second-order valence-corrected chi connectivity index (χ2v) is 7.93. The predicted molar refractivity (Wildman–Crippen MR) is 111 cm³/mol. The van der Waals surface area contributed by atoms with Crippen LogP contribution in [0.5, 0.6) is 0 Å². The summed E-state index contributed by atoms with van der Waals surface area (Å²) in [6.07, 6.45) is 1.44. The molecule has 6 nitrogen and oxygen atoms in total. The molecule has 0 fully saturated rings. The average Bonchev–Trinajstić information content (AvgIpc) is 3.34. The van der Waals surface area contributed by atoms with Gasteiger partial charge in [-0.3, -0.25) is 9.69 Å². The first-order chi connectivity index (χ1) is 13.6. The smallest absolute Gasteiger partial charge is 0.273 e. The number of nitrogens with zero attached hydrogens (tertiary/aromatic N) is 3. The predicted octanol–water partition coefficient (Wildman–Crippen LogP) is 3.23. The van der Waals surface area contributed by atoms with E-state index in [4.69, 9.17) is 4.42 Å². The van der Waals surface area contributed by atoms with Gasteiger partial charge in [-0.05, 0) is 31.1 Å². The number of benzene rings is 1. The molecule has 0 saturated heterocycles. The number of nitrogens with one attached hydrogen (secondary N) is 1. The number of carbonyl (C=O) groups is 1. The Morgan fingerprint density at radius 3 is 2.64 bits per heavy atom. The third-order valence-corrected chi connectivity index (χ3v) is 5.06. The van der Waals surface area contributed by atoms with E-state index >= 15 is 0 Å². The molecule has 2 aromatic heterocycles. The van der Waals surface area contributed by atoms with Gasteiger partial charge in [-0.2, -0.15) is 0 Å². The Morgan fingerprint density at radius 2 is 1.93 bits per heavy atom. The molecule has 1 N–H and O–H groups in total. The van der Waals surface area contributed by atoms with E-state index in [9.17, 15) is 4.79 Å². The van der Waals surface area contributed by atoms with Gasteiger partial charge in [-0.1, -0.05) is 36.4 Å². The first kappa shape index (κ1) is 20.3. The number of aromatic nitrogens is 1. The Balaban J connectivity index is 1.63. The number of amides is 1. The maximum Gasteiger partial charge on any atom is 0.273 e. The van der Waals surface area contributed by atoms with Crippen LogP contribution in [0.25, 0.3) is 0 Å². The summed E-state index contributed by atoms with van der Waals surface area (Å²) in [5.41, 5.74) is 1.55. The van der Waals surface area contributed by atoms with Crippen molar-refractivity contribution in [3.63, 3.8) is 0 Å². The number of carbonyl (C=O) groups excluding carboxylic acids is 1. The molecule has 2 heterocycles. The summed E-state index contributed by atoms with van der Waals surface area (Å²) < 4.78 is 5.58. The van der Waals surface area contributed by atoms with Gasteiger partial charge < -0.3 is 14.6 Å². The fraction of sp³-hybridized carbons (Fsp3) is 0.333. The molecule has 0 atom stereocenters. The zero-order chi connectivity index (χ0) is 19.8. The van der Waals surface area contributed by atoms with E-state index in [0.717, 1.165) is 19.6 Å². The highest BCUT2D eigenvalue weighted by molar-refractivity contribution is 7.09. The van der Waals surface area contributed by atoms with E-state index in [0.29, 0.717) is 24.7 Å². The molecule has 0 aliphatic rings. The van der Waals surface area contributed by atoms with E-state index in [1.807, 2.05) is 37.2 Å². The minimum Gasteiger partial charge on any atom is -0.447 e. The van der Waals surface area contributed by atoms with Crippen LogP contribution in [0.4, 0.5) is 0 Å². The second kappa shape index (κ2) is 10.2. The quantitative estimate of drug-likeness (QED) is 0.568. The largest absolute Gasteiger partial charge is 0.447 e. The molecule has 3 rings (SSSR count). The lowest BCUT2D eigenvalue weighted by Crippen LogP contribution is -2.31. The molecule has 3 aromatic rings. The van der Waals surface area contributed by atoms with Gasteiger partial charge in [0.1, 0.15) is 6.26 Å². The summed E-state index contributed by atoms with van der Waals surface area (Å²) in [6.45, 7) is 3.48. The SMILES string of the molecule is CN(C)CCNC(=O)c1coc(CN(Cc2ccccc2)Cc2cccs2)n1. The molecule has 0 aliphatic heterocycles. The maximum atomic E-state index is 12.2. The van der Waals surface area contributed by atoms with Crippen molar-refractivity contribution in [2.24, 2.45) is 0 Å². The summed E-state index contributed by atoms with van der Waals surface area (Å²) >= 11 is 1.73. The molecule has 7 heteroatoms. The zero-order valence-corrected chi connectivity index (χ0v) is 17.1. The van der Waals surface area contributed by atoms with Crippen LogP contribution < -0.4 is 5.32 Å². The van der Waals surface area contributed by atoms with Crippen LogP contribution in [-0.4, -0.2) is 47.9 Å². The van der Waals surface area contributed by atoms with E-state index in [-0.39, 0.29) is 5.91 Å². The van der Waals surface area contributed by atoms with Crippen molar-refractivity contribution >= 4 is 17.2 Å². The summed E-state index contributed by atoms with van der Waals surface area (Å²) in [4.78, 5) is 22.2. The zero-order valence-electron chi connectivity index (χ0n) is 16.3. The highest BCUT2D eigenvalue weighted by Crippen LogP contribution is 2.17. The number of oxazole rings is 1. The third kappa shape index (κ3) is 6.30. The molecular formula is C21H26N4O2S. The molecule has 28 heavy (non-hydrogen) atoms. The lowest BCUT2D eigenvalue weighted by molar-refractivity contribution is 0.0946. The Kier molecular flexibility index (Phi) is 7.36. The van der Waals surface area contributed by atoms with Crippen LogP contribution in [-0.2, 0) is 19.6 Å². The lowest BCUT2D eigenvalue weighted by Gasteiger charge is -2.20. The first-order valence-electron chi connectivity index (χ1n) is 9.26. The lowest BCUT2D eigenvalue weighted by atomic mass is 10.2. The van der Waals surface area contributed by atoms with E-state index < -0.39 is 0 Å². The monoisotopic (exact) mass is 398 g/mol. The summed E-state index contributed by atoms with van der Waals surface area (Å²) in [5.74, 6) is 0.343. The van der Waals surface area contributed by atoms with Crippen LogP contribution in [0, 0.1) is 0 Å². The maximum absolute atomic E-state index is 12.2. The summed E-state index contributed by atoms with van der Waals surface area (Å²) in [7, 11) is 3.94. The van der Waals surface area contributed by atoms with Crippen molar-refractivity contribution in [1.82, 2.24) is 20.1 Å². The van der Waals surface area contributed by atoms with Crippen LogP contribution in [0.15, 0.2) is 58.5 Å². The van der Waals surface area contributed by atoms with Crippen molar-refractivity contribution in [3.8, 4) is 0 Å². The molecular weight excluding hydrogens is 372 g/mol. The van der Waals surface area contributed by atoms with Crippen molar-refractivity contribution < 1.29 is 9.21 Å². The first-order valence-corrected chi connectivity index (χ1v) is 10.1. The van der Waals surface area contributed by atoms with Gasteiger partial charge in [0.05, 0.1) is 6.54 Å². The van der Waals surface area contributed by atoms with Gasteiger partial charge >= 0.3 is 0 Å². The van der Waals surface area contributed by atoms with E-state index in [1.54, 1.807) is 11.3 Å². The highest BCUT2D eigenvalue weighted by atomic mass is 32.1. The minimum atomic E-state index is -0.204. The topological polar surface area (TPSA) is 61.6 Å². The van der Waals surface area contributed by atoms with Gasteiger partial charge in [0.15, 0.2) is 5.69 Å².